The maximum absolute atomic E-state index is 11.8. The third kappa shape index (κ3) is 5.17. The molecule has 0 aromatic rings. The number of thioether (sulfide) groups is 1. The summed E-state index contributed by atoms with van der Waals surface area (Å²) in [4.78, 5) is 13.3. The quantitative estimate of drug-likeness (QED) is 0.808. The van der Waals surface area contributed by atoms with E-state index in [0.29, 0.717) is 13.1 Å². The molecule has 1 aliphatic heterocycles. The molecular formula is C12H24N2O2S. The Labute approximate surface area is 108 Å². The largest absolute Gasteiger partial charge is 0.389 e. The van der Waals surface area contributed by atoms with Crippen LogP contribution >= 0.6 is 11.8 Å². The predicted molar refractivity (Wildman–Crippen MR) is 72.4 cm³/mol. The van der Waals surface area contributed by atoms with Gasteiger partial charge in [-0.15, -0.1) is 0 Å². The molecular weight excluding hydrogens is 236 g/mol. The molecule has 5 heteroatoms. The van der Waals surface area contributed by atoms with Gasteiger partial charge < -0.3 is 15.3 Å². The highest BCUT2D eigenvalue weighted by molar-refractivity contribution is 8.00. The summed E-state index contributed by atoms with van der Waals surface area (Å²) in [5.41, 5.74) is -0.849. The van der Waals surface area contributed by atoms with Crippen LogP contribution in [0.5, 0.6) is 0 Å². The minimum absolute atomic E-state index is 0.110. The topological polar surface area (TPSA) is 52.6 Å². The Balaban J connectivity index is 2.34. The van der Waals surface area contributed by atoms with Gasteiger partial charge in [-0.2, -0.15) is 11.8 Å². The van der Waals surface area contributed by atoms with Crippen LogP contribution in [-0.4, -0.2) is 52.3 Å². The highest BCUT2D eigenvalue weighted by atomic mass is 32.2. The summed E-state index contributed by atoms with van der Waals surface area (Å²) in [7, 11) is 1.71. The second kappa shape index (κ2) is 5.48. The monoisotopic (exact) mass is 260 g/mol. The van der Waals surface area contributed by atoms with E-state index in [2.05, 4.69) is 12.2 Å². The maximum atomic E-state index is 11.8. The number of carbonyl (C=O) groups excluding carboxylic acids is 1. The molecule has 2 N–H and O–H groups in total. The Morgan fingerprint density at radius 2 is 2.24 bits per heavy atom. The van der Waals surface area contributed by atoms with Gasteiger partial charge in [0.2, 0.25) is 0 Å². The van der Waals surface area contributed by atoms with Crippen molar-refractivity contribution in [1.82, 2.24) is 10.2 Å². The van der Waals surface area contributed by atoms with Gasteiger partial charge in [0.25, 0.3) is 0 Å². The summed E-state index contributed by atoms with van der Waals surface area (Å²) in [6.07, 6.45) is 2.39. The highest BCUT2D eigenvalue weighted by Crippen LogP contribution is 2.36. The van der Waals surface area contributed by atoms with E-state index in [1.54, 1.807) is 20.9 Å². The van der Waals surface area contributed by atoms with E-state index >= 15 is 0 Å². The van der Waals surface area contributed by atoms with Gasteiger partial charge in [-0.1, -0.05) is 0 Å². The molecule has 1 saturated heterocycles. The third-order valence-corrected chi connectivity index (χ3v) is 4.42. The van der Waals surface area contributed by atoms with Crippen LogP contribution in [0, 0.1) is 0 Å². The van der Waals surface area contributed by atoms with E-state index in [4.69, 9.17) is 0 Å². The van der Waals surface area contributed by atoms with Gasteiger partial charge in [-0.25, -0.2) is 4.79 Å². The van der Waals surface area contributed by atoms with Crippen molar-refractivity contribution in [1.29, 1.82) is 0 Å². The molecule has 0 aliphatic carbocycles. The van der Waals surface area contributed by atoms with Gasteiger partial charge in [-0.3, -0.25) is 0 Å². The minimum atomic E-state index is -0.849. The summed E-state index contributed by atoms with van der Waals surface area (Å²) in [6, 6.07) is -0.110. The van der Waals surface area contributed by atoms with Crippen molar-refractivity contribution in [2.45, 2.75) is 44.0 Å². The normalized spacial score (nSPS) is 24.8. The number of nitrogens with zero attached hydrogens (tertiary/aromatic N) is 1. The SMILES string of the molecule is CN(CC(C)(C)O)C(=O)NCC1(C)CCCS1. The van der Waals surface area contributed by atoms with Gasteiger partial charge in [0.1, 0.15) is 0 Å². The minimum Gasteiger partial charge on any atom is -0.389 e. The molecule has 4 nitrogen and oxygen atoms in total. The standard InChI is InChI=1S/C12H24N2O2S/c1-11(2,16)9-14(4)10(15)13-8-12(3)6-5-7-17-12/h16H,5-9H2,1-4H3,(H,13,15). The second-order valence-electron chi connectivity index (χ2n) is 5.73. The van der Waals surface area contributed by atoms with Crippen LogP contribution in [0.2, 0.25) is 0 Å². The molecule has 0 aromatic heterocycles. The maximum Gasteiger partial charge on any atom is 0.317 e. The molecule has 17 heavy (non-hydrogen) atoms. The van der Waals surface area contributed by atoms with E-state index < -0.39 is 5.60 Å². The first-order chi connectivity index (χ1) is 7.72. The lowest BCUT2D eigenvalue weighted by atomic mass is 10.1. The smallest absolute Gasteiger partial charge is 0.317 e. The number of hydrogen-bond donors (Lipinski definition) is 2. The van der Waals surface area contributed by atoms with Crippen molar-refractivity contribution < 1.29 is 9.90 Å². The third-order valence-electron chi connectivity index (χ3n) is 2.88. The molecule has 2 amide bonds. The number of carbonyl (C=O) groups is 1. The average Bonchev–Trinajstić information content (AvgIpc) is 2.59. The van der Waals surface area contributed by atoms with Crippen molar-refractivity contribution in [3.05, 3.63) is 0 Å². The fraction of sp³-hybridized carbons (Fsp3) is 0.917. The number of urea groups is 1. The Hall–Kier alpha value is -0.420. The first-order valence-electron chi connectivity index (χ1n) is 6.07. The Bertz CT molecular complexity index is 270. The molecule has 0 saturated carbocycles. The Morgan fingerprint density at radius 1 is 1.59 bits per heavy atom. The van der Waals surface area contributed by atoms with Crippen LogP contribution in [0.1, 0.15) is 33.6 Å². The van der Waals surface area contributed by atoms with Gasteiger partial charge >= 0.3 is 6.03 Å². The molecule has 0 spiro atoms. The van der Waals surface area contributed by atoms with Crippen molar-refractivity contribution in [3.8, 4) is 0 Å². The number of likely N-dealkylation sites (N-methyl/N-ethyl adjacent to an activating group) is 1. The fourth-order valence-electron chi connectivity index (χ4n) is 2.03. The summed E-state index contributed by atoms with van der Waals surface area (Å²) >= 11 is 1.93. The first kappa shape index (κ1) is 14.6. The summed E-state index contributed by atoms with van der Waals surface area (Å²) < 4.78 is 0.186. The van der Waals surface area contributed by atoms with Gasteiger partial charge in [-0.05, 0) is 39.4 Å². The zero-order valence-corrected chi connectivity index (χ0v) is 12.1. The average molecular weight is 260 g/mol. The van der Waals surface area contributed by atoms with Crippen molar-refractivity contribution in [2.24, 2.45) is 0 Å². The lowest BCUT2D eigenvalue weighted by molar-refractivity contribution is 0.0531. The molecule has 1 aliphatic rings. The van der Waals surface area contributed by atoms with Crippen molar-refractivity contribution in [2.75, 3.05) is 25.9 Å². The van der Waals surface area contributed by atoms with Crippen molar-refractivity contribution >= 4 is 17.8 Å². The molecule has 1 rings (SSSR count). The van der Waals surface area contributed by atoms with Gasteiger partial charge in [0.05, 0.1) is 12.1 Å². The predicted octanol–water partition coefficient (Wildman–Crippen LogP) is 1.68. The molecule has 1 heterocycles. The zero-order chi connectivity index (χ0) is 13.1. The molecule has 1 atom stereocenters. The summed E-state index contributed by atoms with van der Waals surface area (Å²) in [6.45, 7) is 6.63. The van der Waals surface area contributed by atoms with Crippen molar-refractivity contribution in [3.63, 3.8) is 0 Å². The first-order valence-corrected chi connectivity index (χ1v) is 7.06. The second-order valence-corrected chi connectivity index (χ2v) is 7.41. The van der Waals surface area contributed by atoms with Gasteiger partial charge in [0.15, 0.2) is 0 Å². The lowest BCUT2D eigenvalue weighted by Gasteiger charge is -2.28. The summed E-state index contributed by atoms with van der Waals surface area (Å²) in [5.74, 6) is 1.19. The number of aliphatic hydroxyl groups is 1. The number of nitrogens with one attached hydrogen (secondary N) is 1. The van der Waals surface area contributed by atoms with E-state index in [1.807, 2.05) is 11.8 Å². The summed E-state index contributed by atoms with van der Waals surface area (Å²) in [5, 5.41) is 12.6. The number of amides is 2. The Morgan fingerprint density at radius 3 is 2.71 bits per heavy atom. The molecule has 1 unspecified atom stereocenters. The van der Waals surface area contributed by atoms with Crippen LogP contribution in [0.3, 0.4) is 0 Å². The molecule has 100 valence electrons. The van der Waals surface area contributed by atoms with E-state index in [-0.39, 0.29) is 10.8 Å². The van der Waals surface area contributed by atoms with Crippen LogP contribution in [0.15, 0.2) is 0 Å². The van der Waals surface area contributed by atoms with E-state index in [9.17, 15) is 9.90 Å². The highest BCUT2D eigenvalue weighted by Gasteiger charge is 2.30. The van der Waals surface area contributed by atoms with Crippen LogP contribution < -0.4 is 5.32 Å². The van der Waals surface area contributed by atoms with E-state index in [1.165, 1.54) is 17.1 Å². The van der Waals surface area contributed by atoms with Crippen LogP contribution in [-0.2, 0) is 0 Å². The fourth-order valence-corrected chi connectivity index (χ4v) is 3.27. The molecule has 0 bridgehead atoms. The van der Waals surface area contributed by atoms with Crippen LogP contribution in [0.25, 0.3) is 0 Å². The van der Waals surface area contributed by atoms with Crippen LogP contribution in [0.4, 0.5) is 4.79 Å². The Kier molecular flexibility index (Phi) is 4.72. The lowest BCUT2D eigenvalue weighted by Crippen LogP contribution is -2.47. The molecule has 0 radical (unpaired) electrons. The van der Waals surface area contributed by atoms with Gasteiger partial charge in [0, 0.05) is 18.3 Å². The van der Waals surface area contributed by atoms with E-state index in [0.717, 1.165) is 6.42 Å². The molecule has 1 fully saturated rings. The zero-order valence-electron chi connectivity index (χ0n) is 11.2. The number of rotatable bonds is 4. The number of hydrogen-bond acceptors (Lipinski definition) is 3. The molecule has 0 aromatic carbocycles.